The first-order valence-electron chi connectivity index (χ1n) is 7.16. The highest BCUT2D eigenvalue weighted by molar-refractivity contribution is 9.10. The van der Waals surface area contributed by atoms with Crippen molar-refractivity contribution in [3.8, 4) is 11.1 Å². The minimum atomic E-state index is -0.950. The van der Waals surface area contributed by atoms with Gasteiger partial charge in [0.1, 0.15) is 0 Å². The van der Waals surface area contributed by atoms with Gasteiger partial charge in [-0.3, -0.25) is 4.98 Å². The fourth-order valence-electron chi connectivity index (χ4n) is 2.54. The van der Waals surface area contributed by atoms with Crippen LogP contribution >= 0.6 is 15.9 Å². The molecule has 1 N–H and O–H groups in total. The molecule has 0 atom stereocenters. The Bertz CT molecular complexity index is 844. The highest BCUT2D eigenvalue weighted by Gasteiger charge is 2.13. The quantitative estimate of drug-likeness (QED) is 0.720. The van der Waals surface area contributed by atoms with Gasteiger partial charge in [-0.15, -0.1) is 0 Å². The van der Waals surface area contributed by atoms with Gasteiger partial charge in [0.15, 0.2) is 0 Å². The van der Waals surface area contributed by atoms with E-state index in [0.717, 1.165) is 21.2 Å². The molecule has 0 radical (unpaired) electrons. The van der Waals surface area contributed by atoms with Crippen LogP contribution in [-0.4, -0.2) is 16.1 Å². The normalized spacial score (nSPS) is 10.5. The Morgan fingerprint density at radius 3 is 2.48 bits per heavy atom. The summed E-state index contributed by atoms with van der Waals surface area (Å²) in [5, 5.41) is 9.32. The molecule has 3 rings (SSSR count). The van der Waals surface area contributed by atoms with Crippen LogP contribution in [0.15, 0.2) is 71.3 Å². The number of pyridine rings is 1. The van der Waals surface area contributed by atoms with Crippen molar-refractivity contribution in [2.45, 2.75) is 6.42 Å². The zero-order chi connectivity index (χ0) is 16.2. The molecule has 1 heterocycles. The maximum absolute atomic E-state index is 11.4. The summed E-state index contributed by atoms with van der Waals surface area (Å²) in [5.41, 5.74) is 4.05. The molecule has 0 aliphatic carbocycles. The van der Waals surface area contributed by atoms with Gasteiger partial charge in [0, 0.05) is 17.1 Å². The topological polar surface area (TPSA) is 50.2 Å². The molecule has 2 aromatic carbocycles. The fraction of sp³-hybridized carbons (Fsp3) is 0.0526. The van der Waals surface area contributed by atoms with Crippen LogP contribution in [0.25, 0.3) is 11.1 Å². The third-order valence-corrected chi connectivity index (χ3v) is 4.18. The molecule has 114 valence electrons. The summed E-state index contributed by atoms with van der Waals surface area (Å²) < 4.78 is 1.02. The highest BCUT2D eigenvalue weighted by atomic mass is 79.9. The minimum Gasteiger partial charge on any atom is -0.478 e. The third-order valence-electron chi connectivity index (χ3n) is 3.65. The molecule has 4 heteroatoms. The number of halogens is 1. The summed E-state index contributed by atoms with van der Waals surface area (Å²) in [6.07, 6.45) is 2.11. The van der Waals surface area contributed by atoms with Crippen molar-refractivity contribution in [2.24, 2.45) is 0 Å². The number of hydrogen-bond donors (Lipinski definition) is 1. The number of carbonyl (C=O) groups is 1. The van der Waals surface area contributed by atoms with Crippen molar-refractivity contribution >= 4 is 21.9 Å². The van der Waals surface area contributed by atoms with Crippen LogP contribution in [0.5, 0.6) is 0 Å². The number of carboxylic acids is 1. The molecule has 0 aliphatic rings. The first kappa shape index (κ1) is 15.4. The molecule has 3 aromatic rings. The lowest BCUT2D eigenvalue weighted by atomic mass is 9.95. The van der Waals surface area contributed by atoms with Crippen LogP contribution in [0.3, 0.4) is 0 Å². The van der Waals surface area contributed by atoms with Crippen LogP contribution in [-0.2, 0) is 6.42 Å². The zero-order valence-corrected chi connectivity index (χ0v) is 13.8. The molecule has 23 heavy (non-hydrogen) atoms. The Balaban J connectivity index is 2.02. The van der Waals surface area contributed by atoms with Crippen molar-refractivity contribution in [1.29, 1.82) is 0 Å². The molecular weight excluding hydrogens is 354 g/mol. The largest absolute Gasteiger partial charge is 0.478 e. The van der Waals surface area contributed by atoms with Crippen molar-refractivity contribution < 1.29 is 9.90 Å². The molecule has 0 amide bonds. The third kappa shape index (κ3) is 3.48. The van der Waals surface area contributed by atoms with E-state index >= 15 is 0 Å². The number of carboxylic acid groups (broad SMARTS) is 1. The van der Waals surface area contributed by atoms with Gasteiger partial charge in [0.05, 0.1) is 11.3 Å². The van der Waals surface area contributed by atoms with E-state index in [9.17, 15) is 9.90 Å². The molecule has 0 aliphatic heterocycles. The van der Waals surface area contributed by atoms with E-state index in [4.69, 9.17) is 0 Å². The van der Waals surface area contributed by atoms with E-state index in [1.54, 1.807) is 18.3 Å². The van der Waals surface area contributed by atoms with E-state index in [0.29, 0.717) is 12.1 Å². The smallest absolute Gasteiger partial charge is 0.337 e. The van der Waals surface area contributed by atoms with Crippen LogP contribution < -0.4 is 0 Å². The predicted molar refractivity (Wildman–Crippen MR) is 93.6 cm³/mol. The Morgan fingerprint density at radius 2 is 1.74 bits per heavy atom. The van der Waals surface area contributed by atoms with Crippen molar-refractivity contribution in [3.05, 3.63) is 88.2 Å². The molecule has 0 saturated carbocycles. The average Bonchev–Trinajstić information content (AvgIpc) is 2.56. The molecular formula is C19H14BrNO2. The molecule has 0 saturated heterocycles. The number of hydrogen-bond acceptors (Lipinski definition) is 2. The Labute approximate surface area is 142 Å². The highest BCUT2D eigenvalue weighted by Crippen LogP contribution is 2.27. The van der Waals surface area contributed by atoms with Gasteiger partial charge >= 0.3 is 5.97 Å². The molecule has 0 spiro atoms. The first-order chi connectivity index (χ1) is 11.1. The molecule has 0 fully saturated rings. The number of aromatic carboxylic acids is 1. The minimum absolute atomic E-state index is 0.248. The second kappa shape index (κ2) is 6.75. The first-order valence-corrected chi connectivity index (χ1v) is 7.95. The van der Waals surface area contributed by atoms with Crippen molar-refractivity contribution in [1.82, 2.24) is 4.98 Å². The molecule has 0 unspecified atom stereocenters. The van der Waals surface area contributed by atoms with Crippen molar-refractivity contribution in [2.75, 3.05) is 0 Å². The number of nitrogens with zero attached hydrogens (tertiary/aromatic N) is 1. The van der Waals surface area contributed by atoms with E-state index in [1.165, 1.54) is 0 Å². The van der Waals surface area contributed by atoms with E-state index < -0.39 is 5.97 Å². The van der Waals surface area contributed by atoms with Gasteiger partial charge < -0.3 is 5.11 Å². The van der Waals surface area contributed by atoms with Gasteiger partial charge in [-0.05, 0) is 41.0 Å². The van der Waals surface area contributed by atoms with Crippen LogP contribution in [0.4, 0.5) is 0 Å². The van der Waals surface area contributed by atoms with Gasteiger partial charge in [-0.1, -0.05) is 52.3 Å². The van der Waals surface area contributed by atoms with E-state index in [1.807, 2.05) is 48.5 Å². The zero-order valence-electron chi connectivity index (χ0n) is 12.2. The number of rotatable bonds is 4. The van der Waals surface area contributed by atoms with E-state index in [2.05, 4.69) is 20.9 Å². The lowest BCUT2D eigenvalue weighted by Crippen LogP contribution is -2.05. The summed E-state index contributed by atoms with van der Waals surface area (Å²) in [4.78, 5) is 15.6. The standard InChI is InChI=1S/C19H14BrNO2/c20-15-9-7-13(8-10-15)16-5-2-1-4-14(16)12-18-17(19(22)23)6-3-11-21-18/h1-11H,12H2,(H,22,23). The summed E-state index contributed by atoms with van der Waals surface area (Å²) in [5.74, 6) is -0.950. The second-order valence-corrected chi connectivity index (χ2v) is 6.06. The van der Waals surface area contributed by atoms with Gasteiger partial charge in [0.2, 0.25) is 0 Å². The van der Waals surface area contributed by atoms with Crippen LogP contribution in [0.2, 0.25) is 0 Å². The SMILES string of the molecule is O=C(O)c1cccnc1Cc1ccccc1-c1ccc(Br)cc1. The Kier molecular flexibility index (Phi) is 4.53. The Hall–Kier alpha value is -2.46. The van der Waals surface area contributed by atoms with E-state index in [-0.39, 0.29) is 5.56 Å². The van der Waals surface area contributed by atoms with Gasteiger partial charge in [-0.2, -0.15) is 0 Å². The monoisotopic (exact) mass is 367 g/mol. The lowest BCUT2D eigenvalue weighted by Gasteiger charge is -2.11. The summed E-state index contributed by atoms with van der Waals surface area (Å²) in [6.45, 7) is 0. The molecule has 0 bridgehead atoms. The van der Waals surface area contributed by atoms with Gasteiger partial charge in [-0.25, -0.2) is 4.79 Å². The average molecular weight is 368 g/mol. The number of benzene rings is 2. The fourth-order valence-corrected chi connectivity index (χ4v) is 2.80. The predicted octanol–water partition coefficient (Wildman–Crippen LogP) is 4.80. The Morgan fingerprint density at radius 1 is 1.00 bits per heavy atom. The van der Waals surface area contributed by atoms with Crippen LogP contribution in [0.1, 0.15) is 21.6 Å². The van der Waals surface area contributed by atoms with Crippen LogP contribution in [0, 0.1) is 0 Å². The summed E-state index contributed by atoms with van der Waals surface area (Å²) >= 11 is 3.44. The molecule has 1 aromatic heterocycles. The summed E-state index contributed by atoms with van der Waals surface area (Å²) in [7, 11) is 0. The lowest BCUT2D eigenvalue weighted by molar-refractivity contribution is 0.0695. The maximum atomic E-state index is 11.4. The maximum Gasteiger partial charge on any atom is 0.337 e. The second-order valence-electron chi connectivity index (χ2n) is 5.14. The van der Waals surface area contributed by atoms with Crippen molar-refractivity contribution in [3.63, 3.8) is 0 Å². The van der Waals surface area contributed by atoms with Gasteiger partial charge in [0.25, 0.3) is 0 Å². The molecule has 3 nitrogen and oxygen atoms in total. The number of aromatic nitrogens is 1. The summed E-state index contributed by atoms with van der Waals surface area (Å²) in [6, 6.07) is 19.3.